The number of hydrogen-bond donors (Lipinski definition) is 1. The molecule has 0 aromatic heterocycles. The molecule has 1 nitrogen and oxygen atoms in total. The summed E-state index contributed by atoms with van der Waals surface area (Å²) in [5.41, 5.74) is 2.14. The molecule has 1 N–H and O–H groups in total. The van der Waals surface area contributed by atoms with Crippen molar-refractivity contribution in [3.05, 3.63) is 33.5 Å². The van der Waals surface area contributed by atoms with Gasteiger partial charge < -0.3 is 5.41 Å². The molecule has 0 aliphatic heterocycles. The van der Waals surface area contributed by atoms with E-state index in [1.165, 1.54) is 6.21 Å². The molecule has 0 bridgehead atoms. The Balaban J connectivity index is 4.26. The van der Waals surface area contributed by atoms with Crippen molar-refractivity contribution in [3.8, 4) is 0 Å². The molecule has 0 spiro atoms. The molecular weight excluding hydrogens is 249 g/mol. The first-order valence-electron chi connectivity index (χ1n) is 3.33. The quantitative estimate of drug-likeness (QED) is 0.457. The van der Waals surface area contributed by atoms with Crippen LogP contribution in [0, 0.1) is 5.41 Å². The Morgan fingerprint density at radius 3 is 2.27 bits per heavy atom. The number of nitrogens with one attached hydrogen (secondary N) is 1. The van der Waals surface area contributed by atoms with Gasteiger partial charge in [0.25, 0.3) is 0 Å². The minimum absolute atomic E-state index is 1.00. The molecule has 0 heterocycles. The monoisotopic (exact) mass is 261 g/mol. The third-order valence-corrected chi connectivity index (χ3v) is 1.78. The molecule has 0 amide bonds. The number of allylic oxidation sites excluding steroid dienone is 5. The second-order valence-corrected chi connectivity index (χ2v) is 2.91. The normalized spacial score (nSPS) is 14.1. The summed E-state index contributed by atoms with van der Waals surface area (Å²) >= 11 is 2.17. The van der Waals surface area contributed by atoms with Crippen LogP contribution in [0.15, 0.2) is 33.5 Å². The average molecular weight is 261 g/mol. The molecule has 0 atom stereocenters. The molecule has 0 aliphatic rings. The van der Waals surface area contributed by atoms with Gasteiger partial charge in [0.2, 0.25) is 0 Å². The lowest BCUT2D eigenvalue weighted by molar-refractivity contribution is 1.40. The van der Waals surface area contributed by atoms with Gasteiger partial charge in [-0.25, -0.2) is 0 Å². The Labute approximate surface area is 81.5 Å². The van der Waals surface area contributed by atoms with Gasteiger partial charge in [-0.3, -0.25) is 0 Å². The zero-order valence-electron chi connectivity index (χ0n) is 6.76. The Bertz CT molecular complexity index is 212. The second-order valence-electron chi connectivity index (χ2n) is 2.19. The summed E-state index contributed by atoms with van der Waals surface area (Å²) < 4.78 is 1.95. The van der Waals surface area contributed by atoms with E-state index in [2.05, 4.69) is 22.6 Å². The Kier molecular flexibility index (Phi) is 6.12. The van der Waals surface area contributed by atoms with E-state index >= 15 is 0 Å². The standard InChI is InChI=1S/C9H12IN/c1-8(9(2)7-11)5-3-4-6-10/h3-7,11H,1-2H3/b5-3+,6-4+,9-8-,11-7?. The maximum Gasteiger partial charge on any atom is 0.0209 e. The molecule has 0 saturated heterocycles. The molecule has 2 heteroatoms. The first-order chi connectivity index (χ1) is 5.22. The lowest BCUT2D eigenvalue weighted by Crippen LogP contribution is -1.79. The molecule has 0 radical (unpaired) electrons. The van der Waals surface area contributed by atoms with Crippen LogP contribution < -0.4 is 0 Å². The van der Waals surface area contributed by atoms with Gasteiger partial charge in [-0.05, 0) is 29.1 Å². The van der Waals surface area contributed by atoms with Crippen LogP contribution in [0.5, 0.6) is 0 Å². The molecule has 0 fully saturated rings. The van der Waals surface area contributed by atoms with Gasteiger partial charge >= 0.3 is 0 Å². The highest BCUT2D eigenvalue weighted by Gasteiger charge is 1.85. The van der Waals surface area contributed by atoms with Gasteiger partial charge in [0.15, 0.2) is 0 Å². The van der Waals surface area contributed by atoms with Gasteiger partial charge in [-0.2, -0.15) is 0 Å². The molecule has 0 saturated carbocycles. The number of rotatable bonds is 3. The molecule has 0 aromatic rings. The van der Waals surface area contributed by atoms with Crippen molar-refractivity contribution in [2.24, 2.45) is 0 Å². The first-order valence-corrected chi connectivity index (χ1v) is 4.58. The first kappa shape index (κ1) is 10.6. The Hall–Kier alpha value is -0.380. The molecule has 60 valence electrons. The largest absolute Gasteiger partial charge is 0.308 e. The summed E-state index contributed by atoms with van der Waals surface area (Å²) in [6, 6.07) is 0. The fourth-order valence-corrected chi connectivity index (χ4v) is 0.727. The number of hydrogen-bond acceptors (Lipinski definition) is 1. The van der Waals surface area contributed by atoms with Crippen molar-refractivity contribution >= 4 is 28.8 Å². The summed E-state index contributed by atoms with van der Waals surface area (Å²) in [5, 5.41) is 6.98. The van der Waals surface area contributed by atoms with E-state index in [0.29, 0.717) is 0 Å². The highest BCUT2D eigenvalue weighted by Crippen LogP contribution is 2.02. The third-order valence-electron chi connectivity index (χ3n) is 1.37. The van der Waals surface area contributed by atoms with Crippen LogP contribution in [0.2, 0.25) is 0 Å². The van der Waals surface area contributed by atoms with Gasteiger partial charge in [0, 0.05) is 6.21 Å². The maximum absolute atomic E-state index is 6.98. The lowest BCUT2D eigenvalue weighted by Gasteiger charge is -1.93. The van der Waals surface area contributed by atoms with E-state index in [1.54, 1.807) is 0 Å². The van der Waals surface area contributed by atoms with E-state index in [-0.39, 0.29) is 0 Å². The second kappa shape index (κ2) is 6.34. The topological polar surface area (TPSA) is 23.9 Å². The van der Waals surface area contributed by atoms with Crippen LogP contribution >= 0.6 is 22.6 Å². The van der Waals surface area contributed by atoms with Crippen molar-refractivity contribution in [2.45, 2.75) is 13.8 Å². The van der Waals surface area contributed by atoms with Gasteiger partial charge in [-0.15, -0.1) is 0 Å². The zero-order valence-corrected chi connectivity index (χ0v) is 8.92. The smallest absolute Gasteiger partial charge is 0.0209 e. The van der Waals surface area contributed by atoms with Crippen molar-refractivity contribution in [1.29, 1.82) is 5.41 Å². The third kappa shape index (κ3) is 4.95. The van der Waals surface area contributed by atoms with E-state index in [4.69, 9.17) is 5.41 Å². The van der Waals surface area contributed by atoms with Crippen molar-refractivity contribution < 1.29 is 0 Å². The van der Waals surface area contributed by atoms with E-state index < -0.39 is 0 Å². The van der Waals surface area contributed by atoms with Gasteiger partial charge in [0.05, 0.1) is 0 Å². The molecule has 0 aromatic carbocycles. The van der Waals surface area contributed by atoms with Gasteiger partial charge in [-0.1, -0.05) is 40.8 Å². The van der Waals surface area contributed by atoms with Crippen molar-refractivity contribution in [2.75, 3.05) is 0 Å². The van der Waals surface area contributed by atoms with Crippen LogP contribution in [-0.4, -0.2) is 6.21 Å². The fraction of sp³-hybridized carbons (Fsp3) is 0.222. The predicted molar refractivity (Wildman–Crippen MR) is 59.5 cm³/mol. The highest BCUT2D eigenvalue weighted by atomic mass is 127. The molecule has 0 rings (SSSR count). The van der Waals surface area contributed by atoms with E-state index in [0.717, 1.165) is 11.1 Å². The SMILES string of the molecule is C/C(C=N)=C(C)/C=C/C=C/I. The summed E-state index contributed by atoms with van der Waals surface area (Å²) in [5.74, 6) is 0. The highest BCUT2D eigenvalue weighted by molar-refractivity contribution is 14.1. The lowest BCUT2D eigenvalue weighted by atomic mass is 10.1. The Morgan fingerprint density at radius 2 is 1.82 bits per heavy atom. The van der Waals surface area contributed by atoms with Crippen LogP contribution in [0.1, 0.15) is 13.8 Å². The van der Waals surface area contributed by atoms with Crippen LogP contribution in [-0.2, 0) is 0 Å². The van der Waals surface area contributed by atoms with E-state index in [1.807, 2.05) is 36.2 Å². The molecule has 0 unspecified atom stereocenters. The number of halogens is 1. The minimum atomic E-state index is 1.00. The van der Waals surface area contributed by atoms with Crippen molar-refractivity contribution in [1.82, 2.24) is 0 Å². The fourth-order valence-electron chi connectivity index (χ4n) is 0.487. The van der Waals surface area contributed by atoms with Crippen LogP contribution in [0.4, 0.5) is 0 Å². The van der Waals surface area contributed by atoms with Crippen LogP contribution in [0.3, 0.4) is 0 Å². The van der Waals surface area contributed by atoms with Crippen molar-refractivity contribution in [3.63, 3.8) is 0 Å². The average Bonchev–Trinajstić information content (AvgIpc) is 2.03. The summed E-state index contributed by atoms with van der Waals surface area (Å²) in [7, 11) is 0. The van der Waals surface area contributed by atoms with Gasteiger partial charge in [0.1, 0.15) is 0 Å². The molecular formula is C9H12IN. The summed E-state index contributed by atoms with van der Waals surface area (Å²) in [6.45, 7) is 3.93. The maximum atomic E-state index is 6.98. The van der Waals surface area contributed by atoms with E-state index in [9.17, 15) is 0 Å². The van der Waals surface area contributed by atoms with Crippen LogP contribution in [0.25, 0.3) is 0 Å². The Morgan fingerprint density at radius 1 is 1.18 bits per heavy atom. The minimum Gasteiger partial charge on any atom is -0.308 e. The summed E-state index contributed by atoms with van der Waals surface area (Å²) in [6.07, 6.45) is 7.29. The molecule has 11 heavy (non-hydrogen) atoms. The zero-order chi connectivity index (χ0) is 8.69. The predicted octanol–water partition coefficient (Wildman–Crippen LogP) is 3.48. The summed E-state index contributed by atoms with van der Waals surface area (Å²) in [4.78, 5) is 0. The molecule has 0 aliphatic carbocycles.